The molecule has 0 unspecified atom stereocenters. The SMILES string of the molecule is Cc1ccc(Cn2c(=O)n(C)c3c(N)nc(-c4nc(C5CC5)c[nH]4)nc32)cn1. The quantitative estimate of drug-likeness (QED) is 0.560. The molecule has 0 spiro atoms. The topological polar surface area (TPSA) is 120 Å². The summed E-state index contributed by atoms with van der Waals surface area (Å²) in [5.41, 5.74) is 9.85. The summed E-state index contributed by atoms with van der Waals surface area (Å²) in [6.07, 6.45) is 5.98. The van der Waals surface area contributed by atoms with Crippen LogP contribution in [-0.4, -0.2) is 34.1 Å². The molecule has 3 N–H and O–H groups in total. The summed E-state index contributed by atoms with van der Waals surface area (Å²) >= 11 is 0. The molecular weight excluding hydrogens is 356 g/mol. The van der Waals surface area contributed by atoms with E-state index in [9.17, 15) is 4.79 Å². The van der Waals surface area contributed by atoms with Crippen LogP contribution in [0.15, 0.2) is 29.3 Å². The van der Waals surface area contributed by atoms with Gasteiger partial charge in [-0.1, -0.05) is 6.07 Å². The van der Waals surface area contributed by atoms with Crippen molar-refractivity contribution < 1.29 is 0 Å². The summed E-state index contributed by atoms with van der Waals surface area (Å²) in [5.74, 6) is 1.73. The molecule has 4 aromatic heterocycles. The first-order valence-electron chi connectivity index (χ1n) is 9.21. The van der Waals surface area contributed by atoms with Crippen LogP contribution in [0.5, 0.6) is 0 Å². The normalized spacial score (nSPS) is 14.1. The van der Waals surface area contributed by atoms with Crippen molar-refractivity contribution in [3.05, 3.63) is 52.0 Å². The lowest BCUT2D eigenvalue weighted by molar-refractivity contribution is 0.729. The highest BCUT2D eigenvalue weighted by atomic mass is 16.1. The number of pyridine rings is 1. The molecule has 5 rings (SSSR count). The Labute approximate surface area is 160 Å². The molecular formula is C19H20N8O. The summed E-state index contributed by atoms with van der Waals surface area (Å²) in [7, 11) is 1.67. The first-order valence-corrected chi connectivity index (χ1v) is 9.21. The maximum absolute atomic E-state index is 12.8. The number of aromatic amines is 1. The van der Waals surface area contributed by atoms with Gasteiger partial charge in [0.2, 0.25) is 0 Å². The molecule has 0 bridgehead atoms. The lowest BCUT2D eigenvalue weighted by atomic mass is 10.2. The lowest BCUT2D eigenvalue weighted by Crippen LogP contribution is -2.23. The van der Waals surface area contributed by atoms with Crippen molar-refractivity contribution in [2.75, 3.05) is 5.73 Å². The van der Waals surface area contributed by atoms with E-state index in [0.717, 1.165) is 29.8 Å². The number of nitrogens with two attached hydrogens (primary N) is 1. The average molecular weight is 376 g/mol. The largest absolute Gasteiger partial charge is 0.382 e. The van der Waals surface area contributed by atoms with Gasteiger partial charge in [-0.15, -0.1) is 0 Å². The van der Waals surface area contributed by atoms with E-state index in [1.165, 1.54) is 4.57 Å². The van der Waals surface area contributed by atoms with Crippen LogP contribution in [0.2, 0.25) is 0 Å². The van der Waals surface area contributed by atoms with E-state index in [4.69, 9.17) is 5.73 Å². The number of fused-ring (bicyclic) bond motifs is 1. The van der Waals surface area contributed by atoms with Crippen LogP contribution >= 0.6 is 0 Å². The van der Waals surface area contributed by atoms with Gasteiger partial charge in [0.1, 0.15) is 5.52 Å². The molecule has 0 aliphatic heterocycles. The highest BCUT2D eigenvalue weighted by molar-refractivity contribution is 5.84. The zero-order valence-electron chi connectivity index (χ0n) is 15.7. The lowest BCUT2D eigenvalue weighted by Gasteiger charge is -2.05. The standard InChI is InChI=1S/C19H20N8O/c1-10-3-4-11(7-21-10)9-27-18-14(26(2)19(27)28)15(20)24-17(25-18)16-22-8-13(23-16)12-5-6-12/h3-4,7-8,12H,5-6,9H2,1-2H3,(H,22,23)(H2,20,24,25). The van der Waals surface area contributed by atoms with Crippen molar-refractivity contribution in [2.24, 2.45) is 7.05 Å². The van der Waals surface area contributed by atoms with Gasteiger partial charge in [0.15, 0.2) is 23.1 Å². The van der Waals surface area contributed by atoms with Crippen LogP contribution in [0.25, 0.3) is 22.8 Å². The molecule has 4 heterocycles. The van der Waals surface area contributed by atoms with Crippen molar-refractivity contribution >= 4 is 17.0 Å². The highest BCUT2D eigenvalue weighted by Gasteiger charge is 2.27. The summed E-state index contributed by atoms with van der Waals surface area (Å²) < 4.78 is 3.07. The Kier molecular flexibility index (Phi) is 3.58. The molecule has 9 nitrogen and oxygen atoms in total. The molecule has 1 saturated carbocycles. The third-order valence-electron chi connectivity index (χ3n) is 5.12. The van der Waals surface area contributed by atoms with Gasteiger partial charge < -0.3 is 10.7 Å². The second-order valence-electron chi connectivity index (χ2n) is 7.29. The molecule has 28 heavy (non-hydrogen) atoms. The Morgan fingerprint density at radius 3 is 2.79 bits per heavy atom. The van der Waals surface area contributed by atoms with E-state index in [1.807, 2.05) is 25.3 Å². The van der Waals surface area contributed by atoms with Crippen LogP contribution < -0.4 is 11.4 Å². The van der Waals surface area contributed by atoms with E-state index in [-0.39, 0.29) is 11.5 Å². The third kappa shape index (κ3) is 2.67. The van der Waals surface area contributed by atoms with Crippen LogP contribution in [0, 0.1) is 6.92 Å². The molecule has 0 aromatic carbocycles. The van der Waals surface area contributed by atoms with Gasteiger partial charge in [0, 0.05) is 31.1 Å². The number of aromatic nitrogens is 7. The van der Waals surface area contributed by atoms with E-state index in [0.29, 0.717) is 35.3 Å². The van der Waals surface area contributed by atoms with Crippen molar-refractivity contribution in [3.8, 4) is 11.6 Å². The van der Waals surface area contributed by atoms with Crippen LogP contribution in [-0.2, 0) is 13.6 Å². The minimum atomic E-state index is -0.202. The van der Waals surface area contributed by atoms with Crippen molar-refractivity contribution in [1.82, 2.24) is 34.1 Å². The summed E-state index contributed by atoms with van der Waals surface area (Å²) in [6, 6.07) is 3.87. The van der Waals surface area contributed by atoms with Crippen LogP contribution in [0.1, 0.15) is 35.7 Å². The van der Waals surface area contributed by atoms with Gasteiger partial charge in [0.05, 0.1) is 12.2 Å². The number of nitrogen functional groups attached to an aromatic ring is 1. The Morgan fingerprint density at radius 2 is 2.07 bits per heavy atom. The smallest absolute Gasteiger partial charge is 0.330 e. The second-order valence-corrected chi connectivity index (χ2v) is 7.29. The number of rotatable bonds is 4. The zero-order valence-corrected chi connectivity index (χ0v) is 15.7. The van der Waals surface area contributed by atoms with Crippen molar-refractivity contribution in [2.45, 2.75) is 32.2 Å². The van der Waals surface area contributed by atoms with Crippen molar-refractivity contribution in [3.63, 3.8) is 0 Å². The summed E-state index contributed by atoms with van der Waals surface area (Å²) in [6.45, 7) is 2.28. The monoisotopic (exact) mass is 376 g/mol. The van der Waals surface area contributed by atoms with Crippen LogP contribution in [0.4, 0.5) is 5.82 Å². The fourth-order valence-electron chi connectivity index (χ4n) is 3.40. The summed E-state index contributed by atoms with van der Waals surface area (Å²) in [4.78, 5) is 33.9. The minimum Gasteiger partial charge on any atom is -0.382 e. The molecule has 0 amide bonds. The Balaban J connectivity index is 1.64. The fourth-order valence-corrected chi connectivity index (χ4v) is 3.40. The number of imidazole rings is 2. The van der Waals surface area contributed by atoms with Gasteiger partial charge >= 0.3 is 5.69 Å². The first kappa shape index (κ1) is 16.7. The number of anilines is 1. The molecule has 142 valence electrons. The number of nitrogens with zero attached hydrogens (tertiary/aromatic N) is 6. The van der Waals surface area contributed by atoms with E-state index in [1.54, 1.807) is 17.8 Å². The van der Waals surface area contributed by atoms with E-state index >= 15 is 0 Å². The van der Waals surface area contributed by atoms with Crippen molar-refractivity contribution in [1.29, 1.82) is 0 Å². The fraction of sp³-hybridized carbons (Fsp3) is 0.316. The van der Waals surface area contributed by atoms with E-state index in [2.05, 4.69) is 24.9 Å². The molecule has 4 aromatic rings. The average Bonchev–Trinajstić information content (AvgIpc) is 3.36. The molecule has 1 fully saturated rings. The molecule has 0 atom stereocenters. The maximum atomic E-state index is 12.8. The predicted molar refractivity (Wildman–Crippen MR) is 105 cm³/mol. The molecule has 1 aliphatic carbocycles. The molecule has 0 saturated heterocycles. The number of hydrogen-bond acceptors (Lipinski definition) is 6. The maximum Gasteiger partial charge on any atom is 0.330 e. The van der Waals surface area contributed by atoms with Gasteiger partial charge in [-0.05, 0) is 31.4 Å². The number of aryl methyl sites for hydroxylation is 2. The van der Waals surface area contributed by atoms with Crippen LogP contribution in [0.3, 0.4) is 0 Å². The Bertz CT molecular complexity index is 1240. The number of hydrogen-bond donors (Lipinski definition) is 2. The van der Waals surface area contributed by atoms with E-state index < -0.39 is 0 Å². The Morgan fingerprint density at radius 1 is 1.25 bits per heavy atom. The molecule has 9 heteroatoms. The number of nitrogens with one attached hydrogen (secondary N) is 1. The van der Waals surface area contributed by atoms with Gasteiger partial charge in [-0.2, -0.15) is 0 Å². The summed E-state index contributed by atoms with van der Waals surface area (Å²) in [5, 5.41) is 0. The molecule has 1 aliphatic rings. The molecule has 0 radical (unpaired) electrons. The minimum absolute atomic E-state index is 0.202. The number of H-pyrrole nitrogens is 1. The Hall–Kier alpha value is -3.49. The predicted octanol–water partition coefficient (Wildman–Crippen LogP) is 1.73. The highest BCUT2D eigenvalue weighted by Crippen LogP contribution is 2.39. The second kappa shape index (κ2) is 6.01. The zero-order chi connectivity index (χ0) is 19.4. The first-order chi connectivity index (χ1) is 13.5. The van der Waals surface area contributed by atoms with Gasteiger partial charge in [-0.25, -0.2) is 19.7 Å². The van der Waals surface area contributed by atoms with Gasteiger partial charge in [-0.3, -0.25) is 14.1 Å². The third-order valence-corrected chi connectivity index (χ3v) is 5.12. The van der Waals surface area contributed by atoms with Gasteiger partial charge in [0.25, 0.3) is 0 Å².